The molecule has 1 aromatic carbocycles. The zero-order valence-corrected chi connectivity index (χ0v) is 12.8. The van der Waals surface area contributed by atoms with E-state index in [1.54, 1.807) is 12.3 Å². The Bertz CT molecular complexity index is 724. The first-order valence-electron chi connectivity index (χ1n) is 6.47. The number of hydrogen-bond donors (Lipinski definition) is 3. The molecule has 0 atom stereocenters. The van der Waals surface area contributed by atoms with Gasteiger partial charge in [0.15, 0.2) is 0 Å². The van der Waals surface area contributed by atoms with Gasteiger partial charge in [0.05, 0.1) is 16.3 Å². The quantitative estimate of drug-likeness (QED) is 0.677. The first kappa shape index (κ1) is 15.3. The Kier molecular flexibility index (Phi) is 4.49. The molecule has 7 nitrogen and oxygen atoms in total. The van der Waals surface area contributed by atoms with Gasteiger partial charge in [0, 0.05) is 32.4 Å². The second-order valence-corrected chi connectivity index (χ2v) is 6.47. The molecule has 4 N–H and O–H groups in total. The summed E-state index contributed by atoms with van der Waals surface area (Å²) in [7, 11) is -0.166. The highest BCUT2D eigenvalue weighted by Gasteiger charge is 2.12. The lowest BCUT2D eigenvalue weighted by molar-refractivity contribution is 0.588. The molecule has 0 unspecified atom stereocenters. The fraction of sp³-hybridized carbons (Fsp3) is 0.308. The first-order chi connectivity index (χ1) is 9.94. The van der Waals surface area contributed by atoms with Crippen molar-refractivity contribution in [1.82, 2.24) is 14.3 Å². The van der Waals surface area contributed by atoms with Crippen molar-refractivity contribution >= 4 is 21.4 Å². The molecule has 21 heavy (non-hydrogen) atoms. The van der Waals surface area contributed by atoms with Crippen molar-refractivity contribution in [3.05, 3.63) is 36.4 Å². The summed E-state index contributed by atoms with van der Waals surface area (Å²) in [6, 6.07) is 4.62. The fourth-order valence-electron chi connectivity index (χ4n) is 1.93. The Morgan fingerprint density at radius 1 is 1.38 bits per heavy atom. The Labute approximate surface area is 124 Å². The molecule has 0 saturated carbocycles. The standard InChI is InChI=1S/C13H19N5O2S/c1-15-21(19,20)10-3-4-12(11(14)9-10)16-6-5-13-17-7-8-18(13)2/h3-4,7-9,15-16H,5-6,14H2,1-2H3. The van der Waals surface area contributed by atoms with Crippen LogP contribution in [0, 0.1) is 0 Å². The van der Waals surface area contributed by atoms with Crippen LogP contribution < -0.4 is 15.8 Å². The lowest BCUT2D eigenvalue weighted by atomic mass is 10.2. The van der Waals surface area contributed by atoms with Gasteiger partial charge < -0.3 is 15.6 Å². The molecule has 1 aromatic heterocycles. The predicted octanol–water partition coefficient (Wildman–Crippen LogP) is 0.565. The minimum atomic E-state index is -3.47. The minimum absolute atomic E-state index is 0.150. The van der Waals surface area contributed by atoms with E-state index in [9.17, 15) is 8.42 Å². The fourth-order valence-corrected chi connectivity index (χ4v) is 2.70. The number of anilines is 2. The summed E-state index contributed by atoms with van der Waals surface area (Å²) in [5.41, 5.74) is 6.99. The predicted molar refractivity (Wildman–Crippen MR) is 82.5 cm³/mol. The molecule has 0 fully saturated rings. The summed E-state index contributed by atoms with van der Waals surface area (Å²) >= 11 is 0. The van der Waals surface area contributed by atoms with Crippen molar-refractivity contribution in [2.24, 2.45) is 7.05 Å². The van der Waals surface area contributed by atoms with Crippen LogP contribution in [0.4, 0.5) is 11.4 Å². The number of nitrogen functional groups attached to an aromatic ring is 1. The normalized spacial score (nSPS) is 11.5. The number of nitrogens with one attached hydrogen (secondary N) is 2. The number of sulfonamides is 1. The van der Waals surface area contributed by atoms with Crippen LogP contribution in [0.5, 0.6) is 0 Å². The van der Waals surface area contributed by atoms with Crippen molar-refractivity contribution in [2.75, 3.05) is 24.6 Å². The van der Waals surface area contributed by atoms with Crippen LogP contribution in [0.1, 0.15) is 5.82 Å². The largest absolute Gasteiger partial charge is 0.397 e. The van der Waals surface area contributed by atoms with Crippen LogP contribution in [-0.4, -0.2) is 31.6 Å². The third kappa shape index (κ3) is 3.53. The van der Waals surface area contributed by atoms with Crippen LogP contribution in [0.2, 0.25) is 0 Å². The van der Waals surface area contributed by atoms with E-state index in [0.29, 0.717) is 17.9 Å². The summed E-state index contributed by atoms with van der Waals surface area (Å²) in [6.45, 7) is 0.660. The maximum atomic E-state index is 11.7. The number of benzene rings is 1. The number of imidazole rings is 1. The van der Waals surface area contributed by atoms with Gasteiger partial charge in [0.25, 0.3) is 0 Å². The Balaban J connectivity index is 2.03. The highest BCUT2D eigenvalue weighted by atomic mass is 32.2. The van der Waals surface area contributed by atoms with Crippen LogP contribution in [0.15, 0.2) is 35.5 Å². The van der Waals surface area contributed by atoms with Gasteiger partial charge in [0.1, 0.15) is 5.82 Å². The molecule has 1 heterocycles. The Morgan fingerprint density at radius 2 is 2.14 bits per heavy atom. The highest BCUT2D eigenvalue weighted by molar-refractivity contribution is 7.89. The van der Waals surface area contributed by atoms with E-state index in [2.05, 4.69) is 15.0 Å². The summed E-state index contributed by atoms with van der Waals surface area (Å²) in [6.07, 6.45) is 4.39. The second-order valence-electron chi connectivity index (χ2n) is 4.59. The van der Waals surface area contributed by atoms with E-state index >= 15 is 0 Å². The number of rotatable bonds is 6. The van der Waals surface area contributed by atoms with Crippen molar-refractivity contribution in [3.63, 3.8) is 0 Å². The average Bonchev–Trinajstić information content (AvgIpc) is 2.86. The van der Waals surface area contributed by atoms with Crippen molar-refractivity contribution in [3.8, 4) is 0 Å². The van der Waals surface area contributed by atoms with Gasteiger partial charge >= 0.3 is 0 Å². The number of aryl methyl sites for hydroxylation is 1. The monoisotopic (exact) mass is 309 g/mol. The van der Waals surface area contributed by atoms with E-state index in [0.717, 1.165) is 12.2 Å². The third-order valence-corrected chi connectivity index (χ3v) is 4.60. The molecule has 0 bridgehead atoms. The highest BCUT2D eigenvalue weighted by Crippen LogP contribution is 2.22. The maximum Gasteiger partial charge on any atom is 0.240 e. The van der Waals surface area contributed by atoms with E-state index < -0.39 is 10.0 Å². The summed E-state index contributed by atoms with van der Waals surface area (Å²) in [5.74, 6) is 0.968. The zero-order valence-electron chi connectivity index (χ0n) is 12.0. The molecule has 2 aromatic rings. The molecule has 0 aliphatic rings. The molecular formula is C13H19N5O2S. The third-order valence-electron chi connectivity index (χ3n) is 3.19. The SMILES string of the molecule is CNS(=O)(=O)c1ccc(NCCc2nccn2C)c(N)c1. The van der Waals surface area contributed by atoms with Gasteiger partial charge in [-0.25, -0.2) is 18.1 Å². The number of nitrogens with two attached hydrogens (primary N) is 1. The van der Waals surface area contributed by atoms with Gasteiger partial charge in [-0.3, -0.25) is 0 Å². The number of aromatic nitrogens is 2. The van der Waals surface area contributed by atoms with Crippen molar-refractivity contribution in [1.29, 1.82) is 0 Å². The van der Waals surface area contributed by atoms with Gasteiger partial charge in [-0.1, -0.05) is 0 Å². The molecular weight excluding hydrogens is 290 g/mol. The molecule has 114 valence electrons. The summed E-state index contributed by atoms with van der Waals surface area (Å²) < 4.78 is 27.6. The van der Waals surface area contributed by atoms with E-state index in [-0.39, 0.29) is 4.90 Å². The van der Waals surface area contributed by atoms with Crippen LogP contribution in [0.25, 0.3) is 0 Å². The molecule has 8 heteroatoms. The van der Waals surface area contributed by atoms with E-state index in [4.69, 9.17) is 5.73 Å². The van der Waals surface area contributed by atoms with Gasteiger partial charge in [-0.15, -0.1) is 0 Å². The smallest absolute Gasteiger partial charge is 0.240 e. The Hall–Kier alpha value is -2.06. The lowest BCUT2D eigenvalue weighted by Crippen LogP contribution is -2.19. The molecule has 0 radical (unpaired) electrons. The molecule has 0 aliphatic heterocycles. The van der Waals surface area contributed by atoms with Crippen molar-refractivity contribution < 1.29 is 8.42 Å². The van der Waals surface area contributed by atoms with E-state index in [1.165, 1.54) is 19.2 Å². The number of nitrogens with zero attached hydrogens (tertiary/aromatic N) is 2. The minimum Gasteiger partial charge on any atom is -0.397 e. The maximum absolute atomic E-state index is 11.7. The topological polar surface area (TPSA) is 102 Å². The number of hydrogen-bond acceptors (Lipinski definition) is 5. The second kappa shape index (κ2) is 6.15. The molecule has 2 rings (SSSR count). The van der Waals surface area contributed by atoms with Gasteiger partial charge in [-0.2, -0.15) is 0 Å². The molecule has 0 spiro atoms. The van der Waals surface area contributed by atoms with E-state index in [1.807, 2.05) is 17.8 Å². The molecule has 0 amide bonds. The molecule has 0 saturated heterocycles. The van der Waals surface area contributed by atoms with Crippen LogP contribution >= 0.6 is 0 Å². The van der Waals surface area contributed by atoms with Gasteiger partial charge in [0.2, 0.25) is 10.0 Å². The van der Waals surface area contributed by atoms with Crippen molar-refractivity contribution in [2.45, 2.75) is 11.3 Å². The molecule has 0 aliphatic carbocycles. The van der Waals surface area contributed by atoms with Gasteiger partial charge in [-0.05, 0) is 25.2 Å². The first-order valence-corrected chi connectivity index (χ1v) is 7.95. The summed E-state index contributed by atoms with van der Waals surface area (Å²) in [4.78, 5) is 4.38. The summed E-state index contributed by atoms with van der Waals surface area (Å²) in [5, 5.41) is 3.18. The lowest BCUT2D eigenvalue weighted by Gasteiger charge is -2.11. The van der Waals surface area contributed by atoms with Crippen LogP contribution in [-0.2, 0) is 23.5 Å². The Morgan fingerprint density at radius 3 is 2.71 bits per heavy atom. The average molecular weight is 309 g/mol. The zero-order chi connectivity index (χ0) is 15.5. The van der Waals surface area contributed by atoms with Crippen LogP contribution in [0.3, 0.4) is 0 Å².